The third-order valence-corrected chi connectivity index (χ3v) is 6.56. The van der Waals surface area contributed by atoms with E-state index in [1.54, 1.807) is 0 Å². The molecule has 0 N–H and O–H groups in total. The highest BCUT2D eigenvalue weighted by Gasteiger charge is 2.43. The van der Waals surface area contributed by atoms with E-state index in [2.05, 4.69) is 25.3 Å². The van der Waals surface area contributed by atoms with Gasteiger partial charge in [-0.15, -0.1) is 0 Å². The van der Waals surface area contributed by atoms with Gasteiger partial charge in [0, 0.05) is 36.4 Å². The van der Waals surface area contributed by atoms with Crippen LogP contribution in [0.15, 0.2) is 0 Å². The molecule has 0 spiro atoms. The van der Waals surface area contributed by atoms with Gasteiger partial charge < -0.3 is 13.3 Å². The van der Waals surface area contributed by atoms with Crippen LogP contribution in [0.1, 0.15) is 27.7 Å². The second-order valence-corrected chi connectivity index (χ2v) is 7.44. The molecule has 98 valence electrons. The van der Waals surface area contributed by atoms with E-state index in [-0.39, 0.29) is 11.4 Å². The molecule has 0 saturated heterocycles. The third-order valence-electron chi connectivity index (χ3n) is 1.84. The number of thiol groups is 2. The van der Waals surface area contributed by atoms with Gasteiger partial charge in [-0.05, 0) is 27.7 Å². The highest BCUT2D eigenvalue weighted by molar-refractivity contribution is 7.84. The summed E-state index contributed by atoms with van der Waals surface area (Å²) in [5.41, 5.74) is 0. The summed E-state index contributed by atoms with van der Waals surface area (Å²) in [4.78, 5) is 0. The van der Waals surface area contributed by atoms with Crippen LogP contribution in [0.2, 0.25) is 6.04 Å². The molecule has 0 rings (SSSR count). The normalized spacial score (nSPS) is 14.4. The van der Waals surface area contributed by atoms with E-state index in [4.69, 9.17) is 13.3 Å². The first-order valence-corrected chi connectivity index (χ1v) is 8.82. The smallest absolute Gasteiger partial charge is 0.374 e. The average Bonchev–Trinajstić information content (AvgIpc) is 2.17. The zero-order valence-corrected chi connectivity index (χ0v) is 13.4. The molecule has 0 heterocycles. The second-order valence-electron chi connectivity index (χ2n) is 3.76. The molecule has 0 aliphatic heterocycles. The van der Waals surface area contributed by atoms with Crippen LogP contribution in [0.3, 0.4) is 0 Å². The molecule has 16 heavy (non-hydrogen) atoms. The van der Waals surface area contributed by atoms with Crippen molar-refractivity contribution >= 4 is 34.1 Å². The largest absolute Gasteiger partial charge is 0.502 e. The summed E-state index contributed by atoms with van der Waals surface area (Å²) >= 11 is 8.68. The van der Waals surface area contributed by atoms with Crippen LogP contribution in [0.4, 0.5) is 0 Å². The fourth-order valence-electron chi connectivity index (χ4n) is 1.43. The minimum Gasteiger partial charge on any atom is -0.374 e. The summed E-state index contributed by atoms with van der Waals surface area (Å²) in [6.45, 7) is 9.11. The molecule has 1 atom stereocenters. The van der Waals surface area contributed by atoms with Gasteiger partial charge in [-0.1, -0.05) is 0 Å². The quantitative estimate of drug-likeness (QED) is 0.503. The highest BCUT2D eigenvalue weighted by atomic mass is 32.1. The molecule has 0 aliphatic carbocycles. The van der Waals surface area contributed by atoms with Crippen LogP contribution >= 0.6 is 25.3 Å². The summed E-state index contributed by atoms with van der Waals surface area (Å²) in [6.07, 6.45) is 0.102. The van der Waals surface area contributed by atoms with Crippen molar-refractivity contribution in [3.05, 3.63) is 0 Å². The molecule has 0 aromatic heterocycles. The predicted octanol–water partition coefficient (Wildman–Crippen LogP) is 2.65. The van der Waals surface area contributed by atoms with Crippen LogP contribution in [-0.4, -0.2) is 39.1 Å². The molecule has 0 saturated carbocycles. The van der Waals surface area contributed by atoms with Gasteiger partial charge >= 0.3 is 8.80 Å². The second kappa shape index (κ2) is 8.83. The minimum absolute atomic E-state index is 0.102. The van der Waals surface area contributed by atoms with Crippen LogP contribution in [0.5, 0.6) is 0 Å². The van der Waals surface area contributed by atoms with Crippen molar-refractivity contribution in [2.45, 2.75) is 45.1 Å². The van der Waals surface area contributed by atoms with Gasteiger partial charge in [0.1, 0.15) is 0 Å². The summed E-state index contributed by atoms with van der Waals surface area (Å²) in [5.74, 6) is 0.694. The topological polar surface area (TPSA) is 27.7 Å². The van der Waals surface area contributed by atoms with E-state index in [0.717, 1.165) is 0 Å². The van der Waals surface area contributed by atoms with Gasteiger partial charge in [0.15, 0.2) is 0 Å². The maximum atomic E-state index is 5.90. The fourth-order valence-corrected chi connectivity index (χ4v) is 5.34. The lowest BCUT2D eigenvalue weighted by Gasteiger charge is -2.32. The average molecular weight is 285 g/mol. The van der Waals surface area contributed by atoms with E-state index >= 15 is 0 Å². The molecule has 1 unspecified atom stereocenters. The summed E-state index contributed by atoms with van der Waals surface area (Å²) in [7, 11) is -2.57. The van der Waals surface area contributed by atoms with Gasteiger partial charge in [0.2, 0.25) is 0 Å². The van der Waals surface area contributed by atoms with Crippen LogP contribution in [0, 0.1) is 0 Å². The van der Waals surface area contributed by atoms with Gasteiger partial charge in [-0.2, -0.15) is 25.3 Å². The lowest BCUT2D eigenvalue weighted by Crippen LogP contribution is -2.49. The molecule has 0 aliphatic rings. The molecular formula is C10H24O3S2Si. The van der Waals surface area contributed by atoms with Gasteiger partial charge in [0.25, 0.3) is 0 Å². The number of hydrogen-bond acceptors (Lipinski definition) is 5. The van der Waals surface area contributed by atoms with E-state index in [0.29, 0.717) is 25.0 Å². The Hall–Kier alpha value is 0.797. The van der Waals surface area contributed by atoms with Crippen molar-refractivity contribution in [1.29, 1.82) is 0 Å². The molecule has 0 fully saturated rings. The lowest BCUT2D eigenvalue weighted by molar-refractivity contribution is 0.0446. The number of hydrogen-bond donors (Lipinski definition) is 2. The molecular weight excluding hydrogens is 260 g/mol. The van der Waals surface area contributed by atoms with Crippen LogP contribution in [-0.2, 0) is 13.3 Å². The van der Waals surface area contributed by atoms with E-state index in [1.165, 1.54) is 0 Å². The first-order valence-electron chi connectivity index (χ1n) is 5.74. The van der Waals surface area contributed by atoms with Gasteiger partial charge in [-0.3, -0.25) is 0 Å². The molecule has 0 aromatic rings. The van der Waals surface area contributed by atoms with Gasteiger partial charge in [0.05, 0.1) is 0 Å². The molecule has 3 nitrogen and oxygen atoms in total. The monoisotopic (exact) mass is 284 g/mol. The Balaban J connectivity index is 4.62. The zero-order valence-electron chi connectivity index (χ0n) is 10.6. The van der Waals surface area contributed by atoms with Crippen LogP contribution in [0.25, 0.3) is 0 Å². The van der Waals surface area contributed by atoms with Crippen molar-refractivity contribution < 1.29 is 13.3 Å². The van der Waals surface area contributed by atoms with Crippen molar-refractivity contribution in [3.63, 3.8) is 0 Å². The fraction of sp³-hybridized carbons (Fsp3) is 1.00. The van der Waals surface area contributed by atoms with Crippen molar-refractivity contribution in [2.75, 3.05) is 19.0 Å². The Morgan fingerprint density at radius 2 is 1.62 bits per heavy atom. The first kappa shape index (κ1) is 16.8. The predicted molar refractivity (Wildman–Crippen MR) is 76.7 cm³/mol. The van der Waals surface area contributed by atoms with Crippen molar-refractivity contribution in [2.24, 2.45) is 0 Å². The van der Waals surface area contributed by atoms with Crippen LogP contribution < -0.4 is 0 Å². The summed E-state index contributed by atoms with van der Waals surface area (Å²) in [5, 5.41) is 0.145. The Morgan fingerprint density at radius 3 is 1.94 bits per heavy atom. The molecule has 0 aromatic carbocycles. The van der Waals surface area contributed by atoms with E-state index < -0.39 is 8.80 Å². The number of rotatable bonds is 9. The SMILES string of the molecule is CCO[Si](CC(S)CS)(OCC)OC(C)C. The molecule has 6 heteroatoms. The Labute approximate surface area is 111 Å². The Kier molecular flexibility index (Phi) is 9.26. The molecule has 0 bridgehead atoms. The van der Waals surface area contributed by atoms with Crippen molar-refractivity contribution in [1.82, 2.24) is 0 Å². The molecule has 0 radical (unpaired) electrons. The summed E-state index contributed by atoms with van der Waals surface area (Å²) in [6, 6.07) is 0.708. The standard InChI is InChI=1S/C10H24O3S2Si/c1-5-11-16(12-6-2,13-9(3)4)8-10(15)7-14/h9-10,14-15H,5-8H2,1-4H3. The minimum atomic E-state index is -2.57. The first-order chi connectivity index (χ1) is 7.49. The van der Waals surface area contributed by atoms with Crippen molar-refractivity contribution in [3.8, 4) is 0 Å². The Morgan fingerprint density at radius 1 is 1.12 bits per heavy atom. The van der Waals surface area contributed by atoms with Gasteiger partial charge in [-0.25, -0.2) is 0 Å². The Bertz CT molecular complexity index is 175. The zero-order chi connectivity index (χ0) is 12.6. The highest BCUT2D eigenvalue weighted by Crippen LogP contribution is 2.23. The summed E-state index contributed by atoms with van der Waals surface area (Å²) < 4.78 is 17.4. The molecule has 0 amide bonds. The maximum absolute atomic E-state index is 5.90. The third kappa shape index (κ3) is 6.51. The van der Waals surface area contributed by atoms with E-state index in [9.17, 15) is 0 Å². The maximum Gasteiger partial charge on any atom is 0.502 e. The van der Waals surface area contributed by atoms with E-state index in [1.807, 2.05) is 27.7 Å². The lowest BCUT2D eigenvalue weighted by atomic mass is 10.5.